The Bertz CT molecular complexity index is 708. The second-order valence-electron chi connectivity index (χ2n) is 5.44. The average molecular weight is 455 g/mol. The van der Waals surface area contributed by atoms with Crippen LogP contribution in [-0.2, 0) is 11.2 Å². The summed E-state index contributed by atoms with van der Waals surface area (Å²) >= 11 is 0. The van der Waals surface area contributed by atoms with E-state index in [1.54, 1.807) is 0 Å². The summed E-state index contributed by atoms with van der Waals surface area (Å²) in [6.45, 7) is 0. The van der Waals surface area contributed by atoms with Gasteiger partial charge in [0.25, 0.3) is 16.9 Å². The molecule has 0 spiro atoms. The van der Waals surface area contributed by atoms with Crippen molar-refractivity contribution in [3.63, 3.8) is 0 Å². The Hall–Kier alpha value is -2.30. The molecule has 0 fully saturated rings. The van der Waals surface area contributed by atoms with E-state index in [1.165, 1.54) is 0 Å². The lowest BCUT2D eigenvalue weighted by Gasteiger charge is -2.35. The second kappa shape index (κ2) is 6.61. The van der Waals surface area contributed by atoms with Crippen molar-refractivity contribution in [1.29, 1.82) is 0 Å². The summed E-state index contributed by atoms with van der Waals surface area (Å²) in [5, 5.41) is 29.0. The summed E-state index contributed by atoms with van der Waals surface area (Å²) in [5.74, 6) is 0. The number of hydrogen-bond donors (Lipinski definition) is 2. The van der Waals surface area contributed by atoms with E-state index < -0.39 is 75.8 Å². The van der Waals surface area contributed by atoms with E-state index in [9.17, 15) is 62.8 Å². The maximum Gasteiger partial charge on any atom is 0.430 e. The highest BCUT2D eigenvalue weighted by molar-refractivity contribution is 5.46. The van der Waals surface area contributed by atoms with Gasteiger partial charge in [-0.25, -0.2) is 0 Å². The van der Waals surface area contributed by atoms with Crippen molar-refractivity contribution in [2.75, 3.05) is 0 Å². The Morgan fingerprint density at radius 2 is 0.862 bits per heavy atom. The number of benzene rings is 1. The Balaban J connectivity index is 4.12. The van der Waals surface area contributed by atoms with Crippen molar-refractivity contribution >= 4 is 5.69 Å². The van der Waals surface area contributed by atoms with Crippen LogP contribution in [0.4, 0.5) is 58.4 Å². The van der Waals surface area contributed by atoms with E-state index >= 15 is 0 Å². The highest BCUT2D eigenvalue weighted by Gasteiger charge is 2.74. The molecule has 0 saturated heterocycles. The van der Waals surface area contributed by atoms with Gasteiger partial charge in [-0.2, -0.15) is 52.7 Å². The van der Waals surface area contributed by atoms with Crippen LogP contribution in [0.2, 0.25) is 0 Å². The SMILES string of the molecule is O=[N+]([O-])c1cc(C(O)(C(F)(F)F)C(F)(F)F)cc(C(O)(C(F)(F)F)C(F)(F)F)c1. The first-order valence-electron chi connectivity index (χ1n) is 6.54. The number of non-ortho nitro benzene ring substituents is 1. The van der Waals surface area contributed by atoms with Crippen LogP contribution in [0.5, 0.6) is 0 Å². The molecule has 0 heterocycles. The van der Waals surface area contributed by atoms with E-state index in [2.05, 4.69) is 0 Å². The van der Waals surface area contributed by atoms with Gasteiger partial charge in [0.15, 0.2) is 0 Å². The molecule has 2 N–H and O–H groups in total. The fourth-order valence-electron chi connectivity index (χ4n) is 2.11. The Kier molecular flexibility index (Phi) is 5.64. The van der Waals surface area contributed by atoms with Crippen molar-refractivity contribution in [2.24, 2.45) is 0 Å². The van der Waals surface area contributed by atoms with Crippen LogP contribution in [0.25, 0.3) is 0 Å². The van der Waals surface area contributed by atoms with E-state index in [0.717, 1.165) is 0 Å². The van der Waals surface area contributed by atoms with Crippen LogP contribution in [0.1, 0.15) is 11.1 Å². The largest absolute Gasteiger partial charge is 0.430 e. The molecule has 0 bridgehead atoms. The zero-order valence-electron chi connectivity index (χ0n) is 12.9. The predicted molar refractivity (Wildman–Crippen MR) is 65.1 cm³/mol. The summed E-state index contributed by atoms with van der Waals surface area (Å²) in [5.41, 5.74) is -19.9. The van der Waals surface area contributed by atoms with Gasteiger partial charge >= 0.3 is 24.7 Å². The van der Waals surface area contributed by atoms with E-state index in [-0.39, 0.29) is 0 Å². The molecule has 0 radical (unpaired) electrons. The molecule has 5 nitrogen and oxygen atoms in total. The average Bonchev–Trinajstić information content (AvgIpc) is 2.48. The van der Waals surface area contributed by atoms with Crippen molar-refractivity contribution in [3.8, 4) is 0 Å². The summed E-state index contributed by atoms with van der Waals surface area (Å²) in [4.78, 5) is 8.75. The summed E-state index contributed by atoms with van der Waals surface area (Å²) in [6.07, 6.45) is -27.1. The molecule has 0 saturated carbocycles. The molecule has 1 aromatic rings. The molecule has 1 aromatic carbocycles. The molecule has 0 amide bonds. The normalized spacial score (nSPS) is 14.8. The third kappa shape index (κ3) is 3.79. The Morgan fingerprint density at radius 1 is 0.621 bits per heavy atom. The first kappa shape index (κ1) is 24.7. The zero-order chi connectivity index (χ0) is 23.4. The number of nitrogens with zero attached hydrogens (tertiary/aromatic N) is 1. The summed E-state index contributed by atoms with van der Waals surface area (Å²) in [7, 11) is 0. The molecule has 0 aromatic heterocycles. The third-order valence-electron chi connectivity index (χ3n) is 3.61. The van der Waals surface area contributed by atoms with Gasteiger partial charge in [-0.15, -0.1) is 0 Å². The standard InChI is InChI=1S/C12H5F12NO4/c13-9(14,15)7(26,10(16,17)18)4-1-5(3-6(2-4)25(28)29)8(27,11(19,20)21)12(22,23)24/h1-3,26-27H. The molecule has 1 rings (SSSR count). The smallest absolute Gasteiger partial charge is 0.369 e. The van der Waals surface area contributed by atoms with Gasteiger partial charge in [-0.05, 0) is 6.07 Å². The molecule has 166 valence electrons. The zero-order valence-corrected chi connectivity index (χ0v) is 12.9. The molecular weight excluding hydrogens is 450 g/mol. The number of rotatable bonds is 3. The third-order valence-corrected chi connectivity index (χ3v) is 3.61. The highest BCUT2D eigenvalue weighted by atomic mass is 19.4. The number of alkyl halides is 12. The predicted octanol–water partition coefficient (Wildman–Crippen LogP) is 4.22. The Labute approximate surface area is 150 Å². The van der Waals surface area contributed by atoms with Gasteiger partial charge in [-0.1, -0.05) is 0 Å². The van der Waals surface area contributed by atoms with E-state index in [0.29, 0.717) is 0 Å². The lowest BCUT2D eigenvalue weighted by Crippen LogP contribution is -2.55. The number of nitro benzene ring substituents is 1. The number of hydrogen-bond acceptors (Lipinski definition) is 4. The van der Waals surface area contributed by atoms with Crippen LogP contribution in [-0.4, -0.2) is 39.8 Å². The van der Waals surface area contributed by atoms with Crippen molar-refractivity contribution < 1.29 is 67.8 Å². The van der Waals surface area contributed by atoms with Crippen LogP contribution in [0.3, 0.4) is 0 Å². The minimum atomic E-state index is -6.79. The van der Waals surface area contributed by atoms with Crippen molar-refractivity contribution in [2.45, 2.75) is 35.9 Å². The van der Waals surface area contributed by atoms with E-state index in [1.807, 2.05) is 0 Å². The fourth-order valence-corrected chi connectivity index (χ4v) is 2.11. The highest BCUT2D eigenvalue weighted by Crippen LogP contribution is 2.54. The van der Waals surface area contributed by atoms with E-state index in [4.69, 9.17) is 10.2 Å². The second-order valence-corrected chi connectivity index (χ2v) is 5.44. The molecule has 0 aliphatic rings. The number of aliphatic hydroxyl groups is 2. The minimum absolute atomic E-state index is 0.725. The van der Waals surface area contributed by atoms with Gasteiger partial charge in [0.1, 0.15) is 0 Å². The van der Waals surface area contributed by atoms with Crippen molar-refractivity contribution in [1.82, 2.24) is 0 Å². The van der Waals surface area contributed by atoms with Crippen molar-refractivity contribution in [3.05, 3.63) is 39.4 Å². The topological polar surface area (TPSA) is 83.6 Å². The van der Waals surface area contributed by atoms with Gasteiger partial charge < -0.3 is 10.2 Å². The summed E-state index contributed by atoms with van der Waals surface area (Å²) < 4.78 is 154. The van der Waals surface area contributed by atoms with Crippen LogP contribution in [0.15, 0.2) is 18.2 Å². The fraction of sp³-hybridized carbons (Fsp3) is 0.500. The summed E-state index contributed by atoms with van der Waals surface area (Å²) in [6, 6.07) is -2.57. The number of nitro groups is 1. The minimum Gasteiger partial charge on any atom is -0.369 e. The molecule has 0 unspecified atom stereocenters. The molecule has 0 aliphatic carbocycles. The molecule has 0 aliphatic heterocycles. The molecule has 29 heavy (non-hydrogen) atoms. The van der Waals surface area contributed by atoms with Crippen LogP contribution >= 0.6 is 0 Å². The quantitative estimate of drug-likeness (QED) is 0.406. The van der Waals surface area contributed by atoms with Gasteiger partial charge in [0, 0.05) is 23.3 Å². The maximum atomic E-state index is 12.9. The molecule has 0 atom stereocenters. The van der Waals surface area contributed by atoms with Crippen LogP contribution in [0, 0.1) is 10.1 Å². The first-order valence-corrected chi connectivity index (χ1v) is 6.54. The lowest BCUT2D eigenvalue weighted by molar-refractivity contribution is -0.389. The van der Waals surface area contributed by atoms with Gasteiger partial charge in [0.05, 0.1) is 4.92 Å². The van der Waals surface area contributed by atoms with Crippen LogP contribution < -0.4 is 0 Å². The first-order chi connectivity index (χ1) is 12.5. The Morgan fingerprint density at radius 3 is 1.03 bits per heavy atom. The monoisotopic (exact) mass is 455 g/mol. The van der Waals surface area contributed by atoms with Gasteiger partial charge in [0.2, 0.25) is 0 Å². The molecule has 17 heteroatoms. The van der Waals surface area contributed by atoms with Gasteiger partial charge in [-0.3, -0.25) is 10.1 Å². The lowest BCUT2D eigenvalue weighted by atomic mass is 9.85. The maximum absolute atomic E-state index is 12.9. The molecular formula is C12H5F12NO4. The number of halogens is 12.